The molecule has 6 nitrogen and oxygen atoms in total. The van der Waals surface area contributed by atoms with E-state index in [1.807, 2.05) is 18.2 Å². The van der Waals surface area contributed by atoms with Crippen LogP contribution in [0.3, 0.4) is 0 Å². The summed E-state index contributed by atoms with van der Waals surface area (Å²) in [7, 11) is 5.36. The summed E-state index contributed by atoms with van der Waals surface area (Å²) in [5, 5.41) is 3.00. The predicted molar refractivity (Wildman–Crippen MR) is 94.8 cm³/mol. The molecule has 1 aliphatic rings. The second-order valence-electron chi connectivity index (χ2n) is 6.21. The number of piperazine rings is 1. The minimum atomic E-state index is 0.0422. The third-order valence-electron chi connectivity index (χ3n) is 4.38. The molecule has 0 spiro atoms. The maximum atomic E-state index is 12.1. The first-order valence-corrected chi connectivity index (χ1v) is 8.51. The lowest BCUT2D eigenvalue weighted by molar-refractivity contribution is -0.120. The average molecular weight is 335 g/mol. The molecule has 1 aromatic rings. The van der Waals surface area contributed by atoms with Crippen LogP contribution in [0, 0.1) is 0 Å². The molecule has 1 saturated heterocycles. The molecule has 0 unspecified atom stereocenters. The summed E-state index contributed by atoms with van der Waals surface area (Å²) in [5.74, 6) is 1.37. The monoisotopic (exact) mass is 335 g/mol. The van der Waals surface area contributed by atoms with Crippen molar-refractivity contribution in [2.75, 3.05) is 60.5 Å². The van der Waals surface area contributed by atoms with E-state index in [0.717, 1.165) is 51.3 Å². The molecule has 2 rings (SSSR count). The second kappa shape index (κ2) is 9.49. The van der Waals surface area contributed by atoms with Crippen molar-refractivity contribution in [3.63, 3.8) is 0 Å². The molecule has 1 amide bonds. The van der Waals surface area contributed by atoms with Gasteiger partial charge in [-0.3, -0.25) is 4.79 Å². The van der Waals surface area contributed by atoms with Crippen LogP contribution in [0.25, 0.3) is 0 Å². The zero-order valence-electron chi connectivity index (χ0n) is 15.0. The predicted octanol–water partition coefficient (Wildman–Crippen LogP) is 1.00. The van der Waals surface area contributed by atoms with Gasteiger partial charge in [-0.05, 0) is 37.7 Å². The molecule has 1 fully saturated rings. The molecule has 0 saturated carbocycles. The fourth-order valence-electron chi connectivity index (χ4n) is 2.84. The number of carbonyl (C=O) groups is 1. The third kappa shape index (κ3) is 5.69. The Balaban J connectivity index is 1.68. The van der Waals surface area contributed by atoms with E-state index in [2.05, 4.69) is 22.2 Å². The Hall–Kier alpha value is -1.79. The molecular formula is C18H29N3O3. The van der Waals surface area contributed by atoms with Crippen molar-refractivity contribution in [3.05, 3.63) is 23.8 Å². The van der Waals surface area contributed by atoms with Gasteiger partial charge in [-0.2, -0.15) is 0 Å². The molecule has 134 valence electrons. The number of amides is 1. The standard InChI is InChI=1S/C18H29N3O3/c1-20-9-11-21(12-10-20)8-4-7-19-18(22)14-15-5-6-16(23-2)17(13-15)24-3/h5-6,13H,4,7-12,14H2,1-3H3,(H,19,22). The van der Waals surface area contributed by atoms with Gasteiger partial charge in [0.05, 0.1) is 20.6 Å². The molecule has 0 atom stereocenters. The van der Waals surface area contributed by atoms with Crippen molar-refractivity contribution in [2.45, 2.75) is 12.8 Å². The zero-order valence-corrected chi connectivity index (χ0v) is 15.0. The number of hydrogen-bond acceptors (Lipinski definition) is 5. The van der Waals surface area contributed by atoms with Crippen LogP contribution in [0.1, 0.15) is 12.0 Å². The molecule has 24 heavy (non-hydrogen) atoms. The van der Waals surface area contributed by atoms with E-state index >= 15 is 0 Å². The van der Waals surface area contributed by atoms with Gasteiger partial charge < -0.3 is 24.6 Å². The minimum absolute atomic E-state index is 0.0422. The third-order valence-corrected chi connectivity index (χ3v) is 4.38. The lowest BCUT2D eigenvalue weighted by Gasteiger charge is -2.32. The first kappa shape index (κ1) is 18.5. The van der Waals surface area contributed by atoms with Gasteiger partial charge in [-0.15, -0.1) is 0 Å². The highest BCUT2D eigenvalue weighted by Crippen LogP contribution is 2.27. The molecule has 6 heteroatoms. The summed E-state index contributed by atoms with van der Waals surface area (Å²) in [4.78, 5) is 16.9. The normalized spacial score (nSPS) is 16.0. The van der Waals surface area contributed by atoms with Gasteiger partial charge in [-0.1, -0.05) is 6.07 Å². The number of carbonyl (C=O) groups excluding carboxylic acids is 1. The molecule has 1 heterocycles. The maximum Gasteiger partial charge on any atom is 0.224 e. The van der Waals surface area contributed by atoms with Gasteiger partial charge in [0.25, 0.3) is 0 Å². The van der Waals surface area contributed by atoms with Gasteiger partial charge in [-0.25, -0.2) is 0 Å². The summed E-state index contributed by atoms with van der Waals surface area (Å²) in [6.45, 7) is 6.27. The van der Waals surface area contributed by atoms with Crippen molar-refractivity contribution < 1.29 is 14.3 Å². The number of benzene rings is 1. The number of hydrogen-bond donors (Lipinski definition) is 1. The Morgan fingerprint density at radius 1 is 1.12 bits per heavy atom. The Bertz CT molecular complexity index is 528. The van der Waals surface area contributed by atoms with E-state index in [0.29, 0.717) is 17.9 Å². The summed E-state index contributed by atoms with van der Waals surface area (Å²) >= 11 is 0. The molecule has 0 aromatic heterocycles. The first-order valence-electron chi connectivity index (χ1n) is 8.51. The quantitative estimate of drug-likeness (QED) is 0.719. The Morgan fingerprint density at radius 2 is 1.83 bits per heavy atom. The number of nitrogens with one attached hydrogen (secondary N) is 1. The SMILES string of the molecule is COc1ccc(CC(=O)NCCCN2CCN(C)CC2)cc1OC. The summed E-state index contributed by atoms with van der Waals surface area (Å²) in [6, 6.07) is 5.57. The van der Waals surface area contributed by atoms with Crippen molar-refractivity contribution in [2.24, 2.45) is 0 Å². The first-order chi connectivity index (χ1) is 11.6. The van der Waals surface area contributed by atoms with Gasteiger partial charge in [0.1, 0.15) is 0 Å². The van der Waals surface area contributed by atoms with Crippen molar-refractivity contribution in [1.29, 1.82) is 0 Å². The largest absolute Gasteiger partial charge is 0.493 e. The van der Waals surface area contributed by atoms with Crippen molar-refractivity contribution in [3.8, 4) is 11.5 Å². The highest BCUT2D eigenvalue weighted by Gasteiger charge is 2.13. The summed E-state index contributed by atoms with van der Waals surface area (Å²) in [5.41, 5.74) is 0.921. The van der Waals surface area contributed by atoms with Crippen molar-refractivity contribution in [1.82, 2.24) is 15.1 Å². The van der Waals surface area contributed by atoms with Crippen LogP contribution < -0.4 is 14.8 Å². The highest BCUT2D eigenvalue weighted by atomic mass is 16.5. The minimum Gasteiger partial charge on any atom is -0.493 e. The zero-order chi connectivity index (χ0) is 17.4. The van der Waals surface area contributed by atoms with Gasteiger partial charge in [0.2, 0.25) is 5.91 Å². The van der Waals surface area contributed by atoms with Crippen LogP contribution >= 0.6 is 0 Å². The Morgan fingerprint density at radius 3 is 2.50 bits per heavy atom. The fraction of sp³-hybridized carbons (Fsp3) is 0.611. The van der Waals surface area contributed by atoms with Crippen LogP contribution in [0.5, 0.6) is 11.5 Å². The smallest absolute Gasteiger partial charge is 0.224 e. The average Bonchev–Trinajstić information content (AvgIpc) is 2.60. The summed E-state index contributed by atoms with van der Waals surface area (Å²) < 4.78 is 10.5. The van der Waals surface area contributed by atoms with E-state index < -0.39 is 0 Å². The van der Waals surface area contributed by atoms with Crippen LogP contribution in [0.4, 0.5) is 0 Å². The maximum absolute atomic E-state index is 12.1. The number of methoxy groups -OCH3 is 2. The lowest BCUT2D eigenvalue weighted by Crippen LogP contribution is -2.45. The number of rotatable bonds is 8. The molecule has 0 bridgehead atoms. The Kier molecular flexibility index (Phi) is 7.34. The fourth-order valence-corrected chi connectivity index (χ4v) is 2.84. The van der Waals surface area contributed by atoms with Gasteiger partial charge in [0.15, 0.2) is 11.5 Å². The topological polar surface area (TPSA) is 54.0 Å². The molecular weight excluding hydrogens is 306 g/mol. The molecule has 1 aromatic carbocycles. The number of likely N-dealkylation sites (N-methyl/N-ethyl adjacent to an activating group) is 1. The van der Waals surface area contributed by atoms with E-state index in [9.17, 15) is 4.79 Å². The van der Waals surface area contributed by atoms with Crippen LogP contribution in [0.2, 0.25) is 0 Å². The molecule has 0 aliphatic carbocycles. The van der Waals surface area contributed by atoms with Crippen LogP contribution in [-0.2, 0) is 11.2 Å². The molecule has 1 aliphatic heterocycles. The van der Waals surface area contributed by atoms with Crippen LogP contribution in [0.15, 0.2) is 18.2 Å². The van der Waals surface area contributed by atoms with Gasteiger partial charge >= 0.3 is 0 Å². The second-order valence-corrected chi connectivity index (χ2v) is 6.21. The highest BCUT2D eigenvalue weighted by molar-refractivity contribution is 5.78. The number of nitrogens with zero attached hydrogens (tertiary/aromatic N) is 2. The van der Waals surface area contributed by atoms with Crippen molar-refractivity contribution >= 4 is 5.91 Å². The van der Waals surface area contributed by atoms with Gasteiger partial charge in [0, 0.05) is 32.7 Å². The molecule has 0 radical (unpaired) electrons. The van der Waals surface area contributed by atoms with E-state index in [-0.39, 0.29) is 5.91 Å². The lowest BCUT2D eigenvalue weighted by atomic mass is 10.1. The molecule has 1 N–H and O–H groups in total. The van der Waals surface area contributed by atoms with E-state index in [1.165, 1.54) is 0 Å². The van der Waals surface area contributed by atoms with E-state index in [1.54, 1.807) is 14.2 Å². The van der Waals surface area contributed by atoms with Crippen LogP contribution in [-0.4, -0.2) is 76.2 Å². The summed E-state index contributed by atoms with van der Waals surface area (Å²) in [6.07, 6.45) is 1.34. The number of ether oxygens (including phenoxy) is 2. The van der Waals surface area contributed by atoms with E-state index in [4.69, 9.17) is 9.47 Å². The Labute approximate surface area is 144 Å².